The molecular formula is C8H18N2O2. The van der Waals surface area contributed by atoms with Gasteiger partial charge in [-0.2, -0.15) is 0 Å². The number of primary amides is 1. The molecule has 0 radical (unpaired) electrons. The second kappa shape index (κ2) is 4.98. The third-order valence-electron chi connectivity index (χ3n) is 2.00. The smallest absolute Gasteiger partial charge is 0.402 e. The lowest BCUT2D eigenvalue weighted by molar-refractivity contribution is 0.205. The molecule has 1 saturated carbocycles. The van der Waals surface area contributed by atoms with Crippen LogP contribution in [0.2, 0.25) is 0 Å². The fourth-order valence-corrected chi connectivity index (χ4v) is 1.36. The molecule has 5 N–H and O–H groups in total. The maximum Gasteiger partial charge on any atom is 0.402 e. The van der Waals surface area contributed by atoms with E-state index in [1.54, 1.807) is 0 Å². The lowest BCUT2D eigenvalue weighted by atomic mass is 9.84. The Morgan fingerprint density at radius 2 is 1.67 bits per heavy atom. The summed E-state index contributed by atoms with van der Waals surface area (Å²) in [5.41, 5.74) is 10.1. The van der Waals surface area contributed by atoms with Gasteiger partial charge in [-0.15, -0.1) is 0 Å². The zero-order valence-electron chi connectivity index (χ0n) is 7.55. The van der Waals surface area contributed by atoms with Crippen molar-refractivity contribution in [1.29, 1.82) is 0 Å². The second-order valence-electron chi connectivity index (χ2n) is 3.55. The van der Waals surface area contributed by atoms with Crippen LogP contribution >= 0.6 is 0 Å². The molecule has 0 aromatic carbocycles. The molecule has 1 rings (SSSR count). The van der Waals surface area contributed by atoms with Gasteiger partial charge in [-0.05, 0) is 19.8 Å². The van der Waals surface area contributed by atoms with E-state index in [4.69, 9.17) is 15.6 Å². The van der Waals surface area contributed by atoms with Gasteiger partial charge in [0.1, 0.15) is 0 Å². The van der Waals surface area contributed by atoms with E-state index in [1.807, 2.05) is 0 Å². The summed E-state index contributed by atoms with van der Waals surface area (Å²) in [5, 5.41) is 7.19. The molecule has 0 aromatic rings. The third-order valence-corrected chi connectivity index (χ3v) is 2.00. The summed E-state index contributed by atoms with van der Waals surface area (Å²) < 4.78 is 0. The molecule has 1 amide bonds. The van der Waals surface area contributed by atoms with Gasteiger partial charge in [0.15, 0.2) is 0 Å². The van der Waals surface area contributed by atoms with Gasteiger partial charge in [0.05, 0.1) is 0 Å². The Bertz CT molecular complexity index is 134. The summed E-state index contributed by atoms with van der Waals surface area (Å²) in [6.07, 6.45) is 5.20. The predicted molar refractivity (Wildman–Crippen MR) is 47.9 cm³/mol. The van der Waals surface area contributed by atoms with E-state index in [1.165, 1.54) is 32.1 Å². The molecule has 0 aromatic heterocycles. The first-order chi connectivity index (χ1) is 5.44. The minimum Gasteiger partial charge on any atom is -0.465 e. The van der Waals surface area contributed by atoms with Crippen LogP contribution in [0.15, 0.2) is 0 Å². The van der Waals surface area contributed by atoms with Crippen LogP contribution in [-0.2, 0) is 0 Å². The van der Waals surface area contributed by atoms with E-state index in [-0.39, 0.29) is 5.54 Å². The molecule has 0 unspecified atom stereocenters. The maximum atomic E-state index is 8.78. The Morgan fingerprint density at radius 3 is 1.83 bits per heavy atom. The highest BCUT2D eigenvalue weighted by Gasteiger charge is 2.20. The van der Waals surface area contributed by atoms with Crippen molar-refractivity contribution in [1.82, 2.24) is 0 Å². The van der Waals surface area contributed by atoms with Crippen molar-refractivity contribution >= 4 is 6.09 Å². The van der Waals surface area contributed by atoms with Crippen molar-refractivity contribution in [3.63, 3.8) is 0 Å². The molecule has 0 heterocycles. The monoisotopic (exact) mass is 174 g/mol. The Balaban J connectivity index is 0.000000261. The van der Waals surface area contributed by atoms with Crippen LogP contribution in [-0.4, -0.2) is 16.7 Å². The zero-order chi connectivity index (χ0) is 9.61. The predicted octanol–water partition coefficient (Wildman–Crippen LogP) is 1.29. The summed E-state index contributed by atoms with van der Waals surface area (Å²) in [6, 6.07) is 0. The van der Waals surface area contributed by atoms with E-state index in [9.17, 15) is 0 Å². The Morgan fingerprint density at radius 1 is 1.33 bits per heavy atom. The topological polar surface area (TPSA) is 89.3 Å². The Hall–Kier alpha value is -0.770. The fraction of sp³-hybridized carbons (Fsp3) is 0.875. The normalized spacial score (nSPS) is 20.5. The van der Waals surface area contributed by atoms with Crippen molar-refractivity contribution in [2.45, 2.75) is 44.6 Å². The summed E-state index contributed by atoms with van der Waals surface area (Å²) in [4.78, 5) is 8.78. The summed E-state index contributed by atoms with van der Waals surface area (Å²) >= 11 is 0. The first kappa shape index (κ1) is 11.2. The first-order valence-corrected chi connectivity index (χ1v) is 4.21. The van der Waals surface area contributed by atoms with E-state index >= 15 is 0 Å². The summed E-state index contributed by atoms with van der Waals surface area (Å²) in [5.74, 6) is 0. The van der Waals surface area contributed by atoms with Gasteiger partial charge >= 0.3 is 6.09 Å². The van der Waals surface area contributed by atoms with Gasteiger partial charge in [0.25, 0.3) is 0 Å². The minimum absolute atomic E-state index is 0.179. The Kier molecular flexibility index (Phi) is 4.66. The van der Waals surface area contributed by atoms with E-state index in [0.29, 0.717) is 0 Å². The van der Waals surface area contributed by atoms with E-state index in [2.05, 4.69) is 12.7 Å². The fourth-order valence-electron chi connectivity index (χ4n) is 1.36. The van der Waals surface area contributed by atoms with E-state index in [0.717, 1.165) is 0 Å². The molecule has 4 heteroatoms. The second-order valence-corrected chi connectivity index (χ2v) is 3.55. The zero-order valence-corrected chi connectivity index (χ0v) is 7.55. The molecular weight excluding hydrogens is 156 g/mol. The van der Waals surface area contributed by atoms with Gasteiger partial charge in [-0.3, -0.25) is 0 Å². The molecule has 1 fully saturated rings. The van der Waals surface area contributed by atoms with Crippen LogP contribution in [0.1, 0.15) is 39.0 Å². The van der Waals surface area contributed by atoms with Gasteiger partial charge in [0, 0.05) is 5.54 Å². The van der Waals surface area contributed by atoms with Gasteiger partial charge in [0.2, 0.25) is 0 Å². The number of rotatable bonds is 0. The lowest BCUT2D eigenvalue weighted by Gasteiger charge is -2.28. The van der Waals surface area contributed by atoms with Crippen molar-refractivity contribution in [3.8, 4) is 0 Å². The van der Waals surface area contributed by atoms with Crippen molar-refractivity contribution in [2.24, 2.45) is 11.5 Å². The van der Waals surface area contributed by atoms with Crippen LogP contribution < -0.4 is 11.5 Å². The number of amides is 1. The highest BCUT2D eigenvalue weighted by atomic mass is 16.4. The van der Waals surface area contributed by atoms with Crippen LogP contribution in [0.25, 0.3) is 0 Å². The largest absolute Gasteiger partial charge is 0.465 e. The van der Waals surface area contributed by atoms with Gasteiger partial charge < -0.3 is 16.6 Å². The van der Waals surface area contributed by atoms with Crippen LogP contribution in [0.5, 0.6) is 0 Å². The molecule has 4 nitrogen and oxygen atoms in total. The van der Waals surface area contributed by atoms with E-state index < -0.39 is 6.09 Å². The molecule has 12 heavy (non-hydrogen) atoms. The standard InChI is InChI=1S/C7H15N.CH3NO2/c1-7(8)5-3-2-4-6-7;2-1(3)4/h2-6,8H2,1H3;2H2,(H,3,4). The number of hydrogen-bond acceptors (Lipinski definition) is 2. The average Bonchev–Trinajstić information content (AvgIpc) is 1.85. The Labute approximate surface area is 72.9 Å². The molecule has 0 atom stereocenters. The summed E-state index contributed by atoms with van der Waals surface area (Å²) in [7, 11) is 0. The van der Waals surface area contributed by atoms with Crippen LogP contribution in [0, 0.1) is 0 Å². The minimum atomic E-state index is -1.33. The van der Waals surface area contributed by atoms with Gasteiger partial charge in [-0.1, -0.05) is 19.3 Å². The third kappa shape index (κ3) is 7.34. The van der Waals surface area contributed by atoms with Crippen LogP contribution in [0.4, 0.5) is 4.79 Å². The average molecular weight is 174 g/mol. The highest BCUT2D eigenvalue weighted by molar-refractivity contribution is 5.61. The van der Waals surface area contributed by atoms with Gasteiger partial charge in [-0.25, -0.2) is 4.79 Å². The molecule has 0 aliphatic heterocycles. The number of carbonyl (C=O) groups is 1. The molecule has 1 aliphatic carbocycles. The van der Waals surface area contributed by atoms with Crippen molar-refractivity contribution < 1.29 is 9.90 Å². The maximum absolute atomic E-state index is 8.78. The SMILES string of the molecule is CC1(N)CCCCC1.NC(=O)O. The molecule has 0 spiro atoms. The highest BCUT2D eigenvalue weighted by Crippen LogP contribution is 2.24. The molecule has 0 saturated heterocycles. The quantitative estimate of drug-likeness (QED) is 0.517. The summed E-state index contributed by atoms with van der Waals surface area (Å²) in [6.45, 7) is 2.16. The number of nitrogens with two attached hydrogens (primary N) is 2. The molecule has 1 aliphatic rings. The number of hydrogen-bond donors (Lipinski definition) is 3. The van der Waals surface area contributed by atoms with Crippen molar-refractivity contribution in [2.75, 3.05) is 0 Å². The number of carboxylic acid groups (broad SMARTS) is 1. The molecule has 0 bridgehead atoms. The lowest BCUT2D eigenvalue weighted by Crippen LogP contribution is -2.37. The van der Waals surface area contributed by atoms with Crippen LogP contribution in [0.3, 0.4) is 0 Å². The van der Waals surface area contributed by atoms with Crippen molar-refractivity contribution in [3.05, 3.63) is 0 Å². The first-order valence-electron chi connectivity index (χ1n) is 4.21. The molecule has 72 valence electrons.